The third-order valence-corrected chi connectivity index (χ3v) is 3.80. The molecule has 1 N–H and O–H groups in total. The van der Waals surface area contributed by atoms with E-state index in [2.05, 4.69) is 4.98 Å². The van der Waals surface area contributed by atoms with Crippen LogP contribution in [0.4, 0.5) is 0 Å². The van der Waals surface area contributed by atoms with E-state index in [1.807, 2.05) is 19.1 Å². The molecule has 0 aliphatic carbocycles. The maximum absolute atomic E-state index is 12.7. The monoisotopic (exact) mass is 303 g/mol. The number of aromatic amines is 1. The van der Waals surface area contributed by atoms with Crippen LogP contribution in [0, 0.1) is 6.92 Å². The second kappa shape index (κ2) is 4.97. The molecule has 3 rings (SSSR count). The molecule has 1 heterocycles. The number of halogens is 2. The number of carbonyl (C=O) groups excluding carboxylic acids is 1. The Kier molecular flexibility index (Phi) is 3.28. The minimum Gasteiger partial charge on any atom is -0.360 e. The summed E-state index contributed by atoms with van der Waals surface area (Å²) in [5.41, 5.74) is 3.00. The normalized spacial score (nSPS) is 10.9. The number of benzene rings is 2. The summed E-state index contributed by atoms with van der Waals surface area (Å²) in [6, 6.07) is 10.8. The summed E-state index contributed by atoms with van der Waals surface area (Å²) in [7, 11) is 0. The molecule has 0 saturated heterocycles. The Labute approximate surface area is 126 Å². The number of hydrogen-bond donors (Lipinski definition) is 1. The van der Waals surface area contributed by atoms with E-state index >= 15 is 0 Å². The summed E-state index contributed by atoms with van der Waals surface area (Å²) < 4.78 is 0. The minimum absolute atomic E-state index is 0.0569. The van der Waals surface area contributed by atoms with Gasteiger partial charge in [0.1, 0.15) is 0 Å². The molecule has 0 atom stereocenters. The molecule has 0 spiro atoms. The second-order valence-corrected chi connectivity index (χ2v) is 5.55. The van der Waals surface area contributed by atoms with E-state index in [0.29, 0.717) is 21.2 Å². The van der Waals surface area contributed by atoms with Gasteiger partial charge in [0.15, 0.2) is 5.78 Å². The van der Waals surface area contributed by atoms with Crippen LogP contribution in [0.25, 0.3) is 10.9 Å². The highest BCUT2D eigenvalue weighted by atomic mass is 35.5. The Morgan fingerprint density at radius 3 is 2.50 bits per heavy atom. The molecule has 0 aliphatic rings. The largest absolute Gasteiger partial charge is 0.360 e. The van der Waals surface area contributed by atoms with Gasteiger partial charge in [-0.1, -0.05) is 29.3 Å². The van der Waals surface area contributed by atoms with Crippen molar-refractivity contribution in [3.05, 3.63) is 69.3 Å². The second-order valence-electron chi connectivity index (χ2n) is 4.68. The Bertz CT molecular complexity index is 820. The molecule has 20 heavy (non-hydrogen) atoms. The van der Waals surface area contributed by atoms with Gasteiger partial charge in [-0.05, 0) is 42.8 Å². The van der Waals surface area contributed by atoms with Crippen LogP contribution in [-0.2, 0) is 0 Å². The predicted octanol–water partition coefficient (Wildman–Crippen LogP) is 5.01. The number of fused-ring (bicyclic) bond motifs is 1. The molecule has 2 nitrogen and oxygen atoms in total. The molecule has 0 bridgehead atoms. The molecule has 3 aromatic rings. The van der Waals surface area contributed by atoms with Gasteiger partial charge in [0.05, 0.1) is 0 Å². The fraction of sp³-hybridized carbons (Fsp3) is 0.0625. The highest BCUT2D eigenvalue weighted by Crippen LogP contribution is 2.26. The van der Waals surface area contributed by atoms with Crippen molar-refractivity contribution in [2.24, 2.45) is 0 Å². The summed E-state index contributed by atoms with van der Waals surface area (Å²) >= 11 is 12.0. The molecule has 0 saturated carbocycles. The van der Waals surface area contributed by atoms with Gasteiger partial charge in [0.25, 0.3) is 0 Å². The summed E-state index contributed by atoms with van der Waals surface area (Å²) in [6.45, 7) is 1.89. The summed E-state index contributed by atoms with van der Waals surface area (Å²) in [4.78, 5) is 15.8. The molecule has 0 fully saturated rings. The number of carbonyl (C=O) groups is 1. The number of nitrogens with one attached hydrogen (secondary N) is 1. The van der Waals surface area contributed by atoms with Crippen molar-refractivity contribution >= 4 is 39.9 Å². The molecule has 100 valence electrons. The van der Waals surface area contributed by atoms with E-state index in [0.717, 1.165) is 16.5 Å². The molecule has 0 unspecified atom stereocenters. The van der Waals surface area contributed by atoms with Crippen LogP contribution in [0.15, 0.2) is 42.6 Å². The van der Waals surface area contributed by atoms with Crippen LogP contribution in [-0.4, -0.2) is 10.8 Å². The first kappa shape index (κ1) is 13.2. The molecular formula is C16H11Cl2NO. The zero-order valence-electron chi connectivity index (χ0n) is 10.7. The summed E-state index contributed by atoms with van der Waals surface area (Å²) in [5.74, 6) is -0.0569. The van der Waals surface area contributed by atoms with Crippen molar-refractivity contribution in [3.8, 4) is 0 Å². The first-order valence-electron chi connectivity index (χ1n) is 6.14. The van der Waals surface area contributed by atoms with E-state index in [9.17, 15) is 4.79 Å². The Morgan fingerprint density at radius 1 is 1.00 bits per heavy atom. The van der Waals surface area contributed by atoms with E-state index in [4.69, 9.17) is 23.2 Å². The van der Waals surface area contributed by atoms with Crippen LogP contribution in [0.1, 0.15) is 21.5 Å². The Morgan fingerprint density at radius 2 is 1.70 bits per heavy atom. The van der Waals surface area contributed by atoms with Crippen molar-refractivity contribution in [2.75, 3.05) is 0 Å². The van der Waals surface area contributed by atoms with Crippen molar-refractivity contribution in [2.45, 2.75) is 6.92 Å². The van der Waals surface area contributed by atoms with Gasteiger partial charge in [-0.3, -0.25) is 4.79 Å². The Hall–Kier alpha value is -1.77. The SMILES string of the molecule is Cc1ccc(Cl)cc1C(=O)c1c[nH]c2ccc(Cl)cc12. The average molecular weight is 304 g/mol. The molecule has 0 amide bonds. The van der Waals surface area contributed by atoms with Gasteiger partial charge < -0.3 is 4.98 Å². The number of ketones is 1. The zero-order valence-corrected chi connectivity index (χ0v) is 12.2. The van der Waals surface area contributed by atoms with Crippen LogP contribution in [0.5, 0.6) is 0 Å². The third kappa shape index (κ3) is 2.21. The van der Waals surface area contributed by atoms with Crippen molar-refractivity contribution in [1.29, 1.82) is 0 Å². The predicted molar refractivity (Wildman–Crippen MR) is 82.9 cm³/mol. The minimum atomic E-state index is -0.0569. The summed E-state index contributed by atoms with van der Waals surface area (Å²) in [5, 5.41) is 1.98. The van der Waals surface area contributed by atoms with Gasteiger partial charge in [0, 0.05) is 38.3 Å². The van der Waals surface area contributed by atoms with Crippen LogP contribution < -0.4 is 0 Å². The van der Waals surface area contributed by atoms with E-state index in [1.165, 1.54) is 0 Å². The van der Waals surface area contributed by atoms with E-state index in [-0.39, 0.29) is 5.78 Å². The van der Waals surface area contributed by atoms with Gasteiger partial charge in [-0.15, -0.1) is 0 Å². The average Bonchev–Trinajstić information content (AvgIpc) is 2.83. The number of aromatic nitrogens is 1. The van der Waals surface area contributed by atoms with E-state index in [1.54, 1.807) is 30.5 Å². The van der Waals surface area contributed by atoms with E-state index < -0.39 is 0 Å². The maximum Gasteiger partial charge on any atom is 0.195 e. The fourth-order valence-electron chi connectivity index (χ4n) is 2.26. The number of H-pyrrole nitrogens is 1. The maximum atomic E-state index is 12.7. The zero-order chi connectivity index (χ0) is 14.3. The van der Waals surface area contributed by atoms with Gasteiger partial charge in [0.2, 0.25) is 0 Å². The third-order valence-electron chi connectivity index (χ3n) is 3.33. The van der Waals surface area contributed by atoms with Crippen LogP contribution >= 0.6 is 23.2 Å². The first-order valence-corrected chi connectivity index (χ1v) is 6.89. The Balaban J connectivity index is 2.17. The molecule has 0 aliphatic heterocycles. The van der Waals surface area contributed by atoms with Crippen LogP contribution in [0.2, 0.25) is 10.0 Å². The van der Waals surface area contributed by atoms with Crippen molar-refractivity contribution in [1.82, 2.24) is 4.98 Å². The molecule has 2 aromatic carbocycles. The highest BCUT2D eigenvalue weighted by Gasteiger charge is 2.16. The lowest BCUT2D eigenvalue weighted by Crippen LogP contribution is -2.02. The molecular weight excluding hydrogens is 293 g/mol. The number of aryl methyl sites for hydroxylation is 1. The molecule has 0 radical (unpaired) electrons. The summed E-state index contributed by atoms with van der Waals surface area (Å²) in [6.07, 6.45) is 1.71. The fourth-order valence-corrected chi connectivity index (χ4v) is 2.61. The van der Waals surface area contributed by atoms with Crippen molar-refractivity contribution < 1.29 is 4.79 Å². The van der Waals surface area contributed by atoms with Gasteiger partial charge in [-0.2, -0.15) is 0 Å². The standard InChI is InChI=1S/C16H11Cl2NO/c1-9-2-3-10(17)6-12(9)16(20)14-8-19-15-5-4-11(18)7-13(14)15/h2-8,19H,1H3. The van der Waals surface area contributed by atoms with Crippen molar-refractivity contribution in [3.63, 3.8) is 0 Å². The lowest BCUT2D eigenvalue weighted by atomic mass is 9.99. The number of hydrogen-bond acceptors (Lipinski definition) is 1. The molecule has 1 aromatic heterocycles. The smallest absolute Gasteiger partial charge is 0.195 e. The van der Waals surface area contributed by atoms with Crippen LogP contribution in [0.3, 0.4) is 0 Å². The number of rotatable bonds is 2. The van der Waals surface area contributed by atoms with Gasteiger partial charge in [-0.25, -0.2) is 0 Å². The lowest BCUT2D eigenvalue weighted by molar-refractivity contribution is 0.104. The quantitative estimate of drug-likeness (QED) is 0.663. The first-order chi connectivity index (χ1) is 9.56. The topological polar surface area (TPSA) is 32.9 Å². The lowest BCUT2D eigenvalue weighted by Gasteiger charge is -2.05. The highest BCUT2D eigenvalue weighted by molar-refractivity contribution is 6.32. The molecule has 4 heteroatoms. The van der Waals surface area contributed by atoms with Gasteiger partial charge >= 0.3 is 0 Å².